The molecule has 0 aliphatic carbocycles. The van der Waals surface area contributed by atoms with Crippen LogP contribution in [0.1, 0.15) is 5.69 Å². The number of nitro groups is 1. The second kappa shape index (κ2) is 3.06. The van der Waals surface area contributed by atoms with Gasteiger partial charge in [-0.25, -0.2) is 0 Å². The molecule has 0 atom stereocenters. The summed E-state index contributed by atoms with van der Waals surface area (Å²) in [6, 6.07) is 6.85. The average molecular weight is 188 g/mol. The highest BCUT2D eigenvalue weighted by molar-refractivity contribution is 5.90. The fourth-order valence-corrected chi connectivity index (χ4v) is 1.42. The molecule has 1 heterocycles. The summed E-state index contributed by atoms with van der Waals surface area (Å²) in [4.78, 5) is 14.3. The molecule has 2 rings (SSSR count). The molecule has 70 valence electrons. The van der Waals surface area contributed by atoms with Crippen molar-refractivity contribution in [3.05, 3.63) is 46.3 Å². The first-order chi connectivity index (χ1) is 6.68. The first-order valence-electron chi connectivity index (χ1n) is 4.18. The molecular weight excluding hydrogens is 180 g/mol. The highest BCUT2D eigenvalue weighted by Crippen LogP contribution is 2.24. The lowest BCUT2D eigenvalue weighted by Gasteiger charge is -1.99. The molecule has 0 radical (unpaired) electrons. The van der Waals surface area contributed by atoms with Gasteiger partial charge in [-0.1, -0.05) is 12.1 Å². The smallest absolute Gasteiger partial charge is 0.261 e. The van der Waals surface area contributed by atoms with Gasteiger partial charge in [-0.3, -0.25) is 15.1 Å². The van der Waals surface area contributed by atoms with Gasteiger partial charge < -0.3 is 0 Å². The van der Waals surface area contributed by atoms with Crippen LogP contribution in [0.4, 0.5) is 5.69 Å². The summed E-state index contributed by atoms with van der Waals surface area (Å²) in [5.74, 6) is 0. The zero-order chi connectivity index (χ0) is 10.1. The van der Waals surface area contributed by atoms with Crippen LogP contribution >= 0.6 is 0 Å². The molecule has 1 aromatic carbocycles. The number of fused-ring (bicyclic) bond motifs is 1. The summed E-state index contributed by atoms with van der Waals surface area (Å²) in [6.45, 7) is 1.86. The van der Waals surface area contributed by atoms with E-state index in [-0.39, 0.29) is 10.6 Å². The Bertz CT molecular complexity index is 508. The quantitative estimate of drug-likeness (QED) is 0.510. The monoisotopic (exact) mass is 188 g/mol. The Morgan fingerprint density at radius 3 is 2.93 bits per heavy atom. The van der Waals surface area contributed by atoms with E-state index < -0.39 is 0 Å². The lowest BCUT2D eigenvalue weighted by Crippen LogP contribution is -1.90. The van der Waals surface area contributed by atoms with Crippen LogP contribution in [0, 0.1) is 17.0 Å². The minimum Gasteiger partial charge on any atom is -0.261 e. The Hall–Kier alpha value is -1.97. The summed E-state index contributed by atoms with van der Waals surface area (Å²) in [6.07, 6.45) is 1.54. The van der Waals surface area contributed by atoms with Crippen LogP contribution in [-0.4, -0.2) is 9.91 Å². The minimum atomic E-state index is -0.390. The number of nitrogens with zero attached hydrogens (tertiary/aromatic N) is 2. The molecule has 0 saturated carbocycles. The van der Waals surface area contributed by atoms with Crippen LogP contribution in [0.25, 0.3) is 10.8 Å². The molecule has 0 amide bonds. The largest absolute Gasteiger partial charge is 0.278 e. The van der Waals surface area contributed by atoms with Crippen LogP contribution in [0.5, 0.6) is 0 Å². The number of nitro benzene ring substituents is 1. The first kappa shape index (κ1) is 8.62. The molecule has 0 fully saturated rings. The zero-order valence-corrected chi connectivity index (χ0v) is 7.60. The molecule has 0 bridgehead atoms. The van der Waals surface area contributed by atoms with Gasteiger partial charge in [-0.2, -0.15) is 0 Å². The maximum Gasteiger partial charge on any atom is 0.278 e. The summed E-state index contributed by atoms with van der Waals surface area (Å²) in [5.41, 5.74) is 0.966. The van der Waals surface area contributed by atoms with Crippen molar-refractivity contribution in [3.63, 3.8) is 0 Å². The number of hydrogen-bond acceptors (Lipinski definition) is 3. The number of hydrogen-bond donors (Lipinski definition) is 0. The van der Waals surface area contributed by atoms with Crippen LogP contribution in [0.15, 0.2) is 30.5 Å². The van der Waals surface area contributed by atoms with Crippen molar-refractivity contribution in [2.45, 2.75) is 6.92 Å². The summed E-state index contributed by atoms with van der Waals surface area (Å²) < 4.78 is 0. The number of non-ortho nitro benzene ring substituents is 1. The average Bonchev–Trinajstić information content (AvgIpc) is 2.16. The second-order valence-electron chi connectivity index (χ2n) is 3.08. The molecule has 1 aromatic heterocycles. The number of aryl methyl sites for hydroxylation is 1. The minimum absolute atomic E-state index is 0.106. The van der Waals surface area contributed by atoms with E-state index in [1.54, 1.807) is 12.3 Å². The zero-order valence-electron chi connectivity index (χ0n) is 7.60. The SMILES string of the molecule is Cc1cc2cccc([N+](=O)[O-])c2cn1. The van der Waals surface area contributed by atoms with E-state index in [0.29, 0.717) is 5.39 Å². The van der Waals surface area contributed by atoms with E-state index in [0.717, 1.165) is 11.1 Å². The van der Waals surface area contributed by atoms with E-state index in [9.17, 15) is 10.1 Å². The van der Waals surface area contributed by atoms with Crippen molar-refractivity contribution in [1.29, 1.82) is 0 Å². The Morgan fingerprint density at radius 1 is 1.43 bits per heavy atom. The standard InChI is InChI=1S/C10H8N2O2/c1-7-5-8-3-2-4-10(12(13)14)9(8)6-11-7/h2-6H,1H3. The second-order valence-corrected chi connectivity index (χ2v) is 3.08. The predicted molar refractivity (Wildman–Crippen MR) is 53.1 cm³/mol. The fraction of sp³-hybridized carbons (Fsp3) is 0.100. The van der Waals surface area contributed by atoms with E-state index in [1.165, 1.54) is 6.07 Å². The van der Waals surface area contributed by atoms with Crippen LogP contribution < -0.4 is 0 Å². The lowest BCUT2D eigenvalue weighted by atomic mass is 10.1. The number of rotatable bonds is 1. The Balaban J connectivity index is 2.81. The normalized spacial score (nSPS) is 10.4. The summed E-state index contributed by atoms with van der Waals surface area (Å²) in [5, 5.41) is 12.1. The number of pyridine rings is 1. The van der Waals surface area contributed by atoms with Gasteiger partial charge in [0, 0.05) is 18.0 Å². The molecule has 0 unspecified atom stereocenters. The van der Waals surface area contributed by atoms with E-state index >= 15 is 0 Å². The highest BCUT2D eigenvalue weighted by atomic mass is 16.6. The Labute approximate surface area is 80.4 Å². The van der Waals surface area contributed by atoms with Crippen molar-refractivity contribution in [3.8, 4) is 0 Å². The highest BCUT2D eigenvalue weighted by Gasteiger charge is 2.10. The molecule has 2 aromatic rings. The van der Waals surface area contributed by atoms with Gasteiger partial charge in [0.15, 0.2) is 0 Å². The molecule has 0 N–H and O–H groups in total. The number of aromatic nitrogens is 1. The Kier molecular flexibility index (Phi) is 1.89. The molecule has 0 aliphatic rings. The number of benzene rings is 1. The fourth-order valence-electron chi connectivity index (χ4n) is 1.42. The van der Waals surface area contributed by atoms with Gasteiger partial charge in [0.2, 0.25) is 0 Å². The van der Waals surface area contributed by atoms with E-state index in [1.807, 2.05) is 19.1 Å². The van der Waals surface area contributed by atoms with E-state index in [2.05, 4.69) is 4.98 Å². The van der Waals surface area contributed by atoms with Crippen molar-refractivity contribution in [1.82, 2.24) is 4.98 Å². The molecule has 0 aliphatic heterocycles. The topological polar surface area (TPSA) is 56.0 Å². The van der Waals surface area contributed by atoms with Gasteiger partial charge in [0.1, 0.15) is 0 Å². The first-order valence-corrected chi connectivity index (χ1v) is 4.18. The molecule has 14 heavy (non-hydrogen) atoms. The summed E-state index contributed by atoms with van der Waals surface area (Å²) >= 11 is 0. The van der Waals surface area contributed by atoms with Crippen LogP contribution in [0.3, 0.4) is 0 Å². The van der Waals surface area contributed by atoms with Crippen LogP contribution in [0.2, 0.25) is 0 Å². The van der Waals surface area contributed by atoms with Crippen LogP contribution in [-0.2, 0) is 0 Å². The molecule has 4 nitrogen and oxygen atoms in total. The van der Waals surface area contributed by atoms with Crippen molar-refractivity contribution in [2.24, 2.45) is 0 Å². The van der Waals surface area contributed by atoms with Crippen molar-refractivity contribution < 1.29 is 4.92 Å². The van der Waals surface area contributed by atoms with Gasteiger partial charge in [0.05, 0.1) is 10.3 Å². The van der Waals surface area contributed by atoms with Crippen molar-refractivity contribution in [2.75, 3.05) is 0 Å². The van der Waals surface area contributed by atoms with E-state index in [4.69, 9.17) is 0 Å². The third-order valence-corrected chi connectivity index (χ3v) is 2.08. The Morgan fingerprint density at radius 2 is 2.21 bits per heavy atom. The van der Waals surface area contributed by atoms with Gasteiger partial charge in [-0.05, 0) is 18.4 Å². The third-order valence-electron chi connectivity index (χ3n) is 2.08. The van der Waals surface area contributed by atoms with Gasteiger partial charge in [0.25, 0.3) is 5.69 Å². The maximum atomic E-state index is 10.7. The maximum absolute atomic E-state index is 10.7. The van der Waals surface area contributed by atoms with Gasteiger partial charge >= 0.3 is 0 Å². The summed E-state index contributed by atoms with van der Waals surface area (Å²) in [7, 11) is 0. The molecule has 0 saturated heterocycles. The predicted octanol–water partition coefficient (Wildman–Crippen LogP) is 2.45. The lowest BCUT2D eigenvalue weighted by molar-refractivity contribution is -0.383. The van der Waals surface area contributed by atoms with Crippen molar-refractivity contribution >= 4 is 16.5 Å². The third kappa shape index (κ3) is 1.31. The molecular formula is C10H8N2O2. The molecule has 4 heteroatoms. The molecule has 0 spiro atoms. The van der Waals surface area contributed by atoms with Gasteiger partial charge in [-0.15, -0.1) is 0 Å².